The van der Waals surface area contributed by atoms with E-state index in [-0.39, 0.29) is 5.92 Å². The highest BCUT2D eigenvalue weighted by Crippen LogP contribution is 2.12. The second-order valence-electron chi connectivity index (χ2n) is 2.49. The Labute approximate surface area is 63.0 Å². The van der Waals surface area contributed by atoms with Crippen molar-refractivity contribution < 1.29 is 4.39 Å². The maximum absolute atomic E-state index is 12.5. The summed E-state index contributed by atoms with van der Waals surface area (Å²) in [5.41, 5.74) is 0. The Hall–Kier alpha value is -0.110. The Bertz CT molecular complexity index is 65.7. The van der Waals surface area contributed by atoms with E-state index in [1.807, 2.05) is 20.8 Å². The Balaban J connectivity index is 0.000000371. The van der Waals surface area contributed by atoms with Gasteiger partial charge in [0, 0.05) is 6.54 Å². The van der Waals surface area contributed by atoms with E-state index >= 15 is 0 Å². The smallest absolute Gasteiger partial charge is 0.105 e. The summed E-state index contributed by atoms with van der Waals surface area (Å²) in [6, 6.07) is 0. The molecule has 2 unspecified atom stereocenters. The predicted octanol–water partition coefficient (Wildman–Crippen LogP) is 1.98. The van der Waals surface area contributed by atoms with Crippen molar-refractivity contribution in [3.05, 3.63) is 0 Å². The van der Waals surface area contributed by atoms with Crippen LogP contribution >= 0.6 is 0 Å². The number of hydrogen-bond donors (Lipinski definition) is 1. The maximum atomic E-state index is 12.5. The molecule has 1 N–H and O–H groups in total. The summed E-state index contributed by atoms with van der Waals surface area (Å²) in [6.45, 7) is 7.64. The van der Waals surface area contributed by atoms with Crippen molar-refractivity contribution in [2.24, 2.45) is 5.92 Å². The summed E-state index contributed by atoms with van der Waals surface area (Å²) in [7, 11) is 0. The lowest BCUT2D eigenvalue weighted by Crippen LogP contribution is -2.35. The van der Waals surface area contributed by atoms with E-state index in [1.54, 1.807) is 0 Å². The SMILES string of the molecule is CC.CC1CNCCC1F. The zero-order chi connectivity index (χ0) is 7.98. The van der Waals surface area contributed by atoms with E-state index in [2.05, 4.69) is 5.32 Å². The molecule has 0 saturated carbocycles. The predicted molar refractivity (Wildman–Crippen MR) is 42.9 cm³/mol. The van der Waals surface area contributed by atoms with Crippen LogP contribution in [0.25, 0.3) is 0 Å². The van der Waals surface area contributed by atoms with Gasteiger partial charge in [0.1, 0.15) is 6.17 Å². The lowest BCUT2D eigenvalue weighted by Gasteiger charge is -2.22. The van der Waals surface area contributed by atoms with Crippen molar-refractivity contribution >= 4 is 0 Å². The van der Waals surface area contributed by atoms with Gasteiger partial charge in [-0.3, -0.25) is 0 Å². The summed E-state index contributed by atoms with van der Waals surface area (Å²) in [5, 5.41) is 3.12. The van der Waals surface area contributed by atoms with Crippen LogP contribution in [0.3, 0.4) is 0 Å². The molecule has 1 fully saturated rings. The van der Waals surface area contributed by atoms with Gasteiger partial charge in [0.15, 0.2) is 0 Å². The van der Waals surface area contributed by atoms with E-state index in [0.29, 0.717) is 6.42 Å². The molecule has 62 valence electrons. The number of alkyl halides is 1. The van der Waals surface area contributed by atoms with Gasteiger partial charge in [0.25, 0.3) is 0 Å². The third kappa shape index (κ3) is 3.16. The Morgan fingerprint density at radius 1 is 1.40 bits per heavy atom. The summed E-state index contributed by atoms with van der Waals surface area (Å²) in [6.07, 6.45) is 0.137. The van der Waals surface area contributed by atoms with Gasteiger partial charge in [-0.2, -0.15) is 0 Å². The molecule has 0 amide bonds. The molecule has 0 aromatic rings. The minimum absolute atomic E-state index is 0.226. The molecule has 1 aliphatic rings. The highest BCUT2D eigenvalue weighted by molar-refractivity contribution is 4.73. The van der Waals surface area contributed by atoms with Gasteiger partial charge in [0.2, 0.25) is 0 Å². The average molecular weight is 147 g/mol. The second-order valence-corrected chi connectivity index (χ2v) is 2.49. The van der Waals surface area contributed by atoms with Gasteiger partial charge in [-0.15, -0.1) is 0 Å². The lowest BCUT2D eigenvalue weighted by molar-refractivity contribution is 0.192. The zero-order valence-corrected chi connectivity index (χ0v) is 7.15. The van der Waals surface area contributed by atoms with Crippen LogP contribution < -0.4 is 5.32 Å². The first-order valence-electron chi connectivity index (χ1n) is 4.15. The Morgan fingerprint density at radius 2 is 2.00 bits per heavy atom. The minimum Gasteiger partial charge on any atom is -0.316 e. The first kappa shape index (κ1) is 9.89. The molecule has 0 aliphatic carbocycles. The monoisotopic (exact) mass is 147 g/mol. The van der Waals surface area contributed by atoms with E-state index in [4.69, 9.17) is 0 Å². The molecule has 1 rings (SSSR count). The van der Waals surface area contributed by atoms with Gasteiger partial charge in [-0.05, 0) is 18.9 Å². The number of halogens is 1. The minimum atomic E-state index is -0.559. The molecule has 1 heterocycles. The van der Waals surface area contributed by atoms with Crippen LogP contribution in [0.15, 0.2) is 0 Å². The topological polar surface area (TPSA) is 12.0 Å². The summed E-state index contributed by atoms with van der Waals surface area (Å²) in [4.78, 5) is 0. The fraction of sp³-hybridized carbons (Fsp3) is 1.00. The molecule has 0 bridgehead atoms. The van der Waals surface area contributed by atoms with E-state index < -0.39 is 6.17 Å². The largest absolute Gasteiger partial charge is 0.316 e. The van der Waals surface area contributed by atoms with Gasteiger partial charge in [0.05, 0.1) is 0 Å². The molecule has 1 saturated heterocycles. The van der Waals surface area contributed by atoms with E-state index in [0.717, 1.165) is 13.1 Å². The fourth-order valence-corrected chi connectivity index (χ4v) is 0.982. The molecular weight excluding hydrogens is 129 g/mol. The third-order valence-corrected chi connectivity index (χ3v) is 1.68. The molecule has 10 heavy (non-hydrogen) atoms. The number of nitrogens with one attached hydrogen (secondary N) is 1. The molecule has 1 aliphatic heterocycles. The Kier molecular flexibility index (Phi) is 5.60. The molecule has 2 atom stereocenters. The highest BCUT2D eigenvalue weighted by atomic mass is 19.1. The van der Waals surface area contributed by atoms with Crippen LogP contribution in [0.1, 0.15) is 27.2 Å². The quantitative estimate of drug-likeness (QED) is 0.552. The van der Waals surface area contributed by atoms with Crippen molar-refractivity contribution in [2.45, 2.75) is 33.4 Å². The highest BCUT2D eigenvalue weighted by Gasteiger charge is 2.18. The van der Waals surface area contributed by atoms with Crippen molar-refractivity contribution in [3.8, 4) is 0 Å². The lowest BCUT2D eigenvalue weighted by atomic mass is 10.0. The maximum Gasteiger partial charge on any atom is 0.105 e. The van der Waals surface area contributed by atoms with Crippen molar-refractivity contribution in [3.63, 3.8) is 0 Å². The zero-order valence-electron chi connectivity index (χ0n) is 7.15. The molecular formula is C8H18FN. The fourth-order valence-electron chi connectivity index (χ4n) is 0.982. The number of piperidine rings is 1. The van der Waals surface area contributed by atoms with Crippen LogP contribution in [0.5, 0.6) is 0 Å². The number of rotatable bonds is 0. The normalized spacial score (nSPS) is 32.4. The van der Waals surface area contributed by atoms with Crippen LogP contribution in [0.2, 0.25) is 0 Å². The first-order valence-corrected chi connectivity index (χ1v) is 4.15. The average Bonchev–Trinajstić information content (AvgIpc) is 2.00. The summed E-state index contributed by atoms with van der Waals surface area (Å²) >= 11 is 0. The molecule has 0 radical (unpaired) electrons. The van der Waals surface area contributed by atoms with Crippen LogP contribution in [0, 0.1) is 5.92 Å². The first-order chi connectivity index (χ1) is 4.80. The molecule has 0 aromatic heterocycles. The standard InChI is InChI=1S/C6H12FN.C2H6/c1-5-4-8-3-2-6(5)7;1-2/h5-6,8H,2-4H2,1H3;1-2H3. The van der Waals surface area contributed by atoms with Crippen molar-refractivity contribution in [1.29, 1.82) is 0 Å². The molecule has 2 heteroatoms. The van der Waals surface area contributed by atoms with Crippen LogP contribution in [0.4, 0.5) is 4.39 Å². The van der Waals surface area contributed by atoms with Crippen molar-refractivity contribution in [1.82, 2.24) is 5.32 Å². The molecule has 1 nitrogen and oxygen atoms in total. The van der Waals surface area contributed by atoms with Gasteiger partial charge < -0.3 is 5.32 Å². The molecule has 0 aromatic carbocycles. The van der Waals surface area contributed by atoms with Gasteiger partial charge >= 0.3 is 0 Å². The van der Waals surface area contributed by atoms with Crippen LogP contribution in [-0.2, 0) is 0 Å². The van der Waals surface area contributed by atoms with Crippen LogP contribution in [-0.4, -0.2) is 19.3 Å². The Morgan fingerprint density at radius 3 is 2.30 bits per heavy atom. The summed E-state index contributed by atoms with van der Waals surface area (Å²) < 4.78 is 12.5. The van der Waals surface area contributed by atoms with Gasteiger partial charge in [-0.1, -0.05) is 20.8 Å². The molecule has 0 spiro atoms. The second kappa shape index (κ2) is 5.66. The van der Waals surface area contributed by atoms with Crippen molar-refractivity contribution in [2.75, 3.05) is 13.1 Å². The summed E-state index contributed by atoms with van der Waals surface area (Å²) in [5.74, 6) is 0.226. The van der Waals surface area contributed by atoms with E-state index in [9.17, 15) is 4.39 Å². The van der Waals surface area contributed by atoms with E-state index in [1.165, 1.54) is 0 Å². The number of hydrogen-bond acceptors (Lipinski definition) is 1. The van der Waals surface area contributed by atoms with Gasteiger partial charge in [-0.25, -0.2) is 4.39 Å². The third-order valence-electron chi connectivity index (χ3n) is 1.68.